The minimum atomic E-state index is -3.73. The number of benzene rings is 1. The van der Waals surface area contributed by atoms with Crippen LogP contribution in [0.4, 0.5) is 0 Å². The number of nitrogens with zero attached hydrogens (tertiary/aromatic N) is 2. The van der Waals surface area contributed by atoms with Crippen molar-refractivity contribution in [3.63, 3.8) is 0 Å². The zero-order valence-corrected chi connectivity index (χ0v) is 15.0. The van der Waals surface area contributed by atoms with Gasteiger partial charge in [0.25, 0.3) is 0 Å². The van der Waals surface area contributed by atoms with Crippen LogP contribution in [-0.4, -0.2) is 45.1 Å². The molecule has 2 rings (SSSR count). The second-order valence-electron chi connectivity index (χ2n) is 4.99. The summed E-state index contributed by atoms with van der Waals surface area (Å²) >= 11 is 6.06. The lowest BCUT2D eigenvalue weighted by molar-refractivity contribution is 0.177. The molecule has 0 unspecified atom stereocenters. The summed E-state index contributed by atoms with van der Waals surface area (Å²) in [6, 6.07) is 7.99. The summed E-state index contributed by atoms with van der Waals surface area (Å²) < 4.78 is 37.3. The first-order chi connectivity index (χ1) is 11.5. The lowest BCUT2D eigenvalue weighted by atomic mass is 10.3. The van der Waals surface area contributed by atoms with Crippen LogP contribution in [0.1, 0.15) is 5.56 Å². The maximum absolute atomic E-state index is 12.9. The van der Waals surface area contributed by atoms with Crippen LogP contribution in [0.25, 0.3) is 0 Å². The van der Waals surface area contributed by atoms with Crippen molar-refractivity contribution >= 4 is 21.6 Å². The van der Waals surface area contributed by atoms with Gasteiger partial charge in [-0.25, -0.2) is 8.42 Å². The van der Waals surface area contributed by atoms with Crippen LogP contribution in [0, 0.1) is 0 Å². The molecule has 1 aromatic heterocycles. The van der Waals surface area contributed by atoms with Gasteiger partial charge < -0.3 is 9.47 Å². The monoisotopic (exact) mass is 370 g/mol. The Bertz CT molecular complexity index is 769. The van der Waals surface area contributed by atoms with Crippen LogP contribution in [0.15, 0.2) is 47.6 Å². The van der Waals surface area contributed by atoms with Crippen molar-refractivity contribution in [2.75, 3.05) is 27.4 Å². The fourth-order valence-electron chi connectivity index (χ4n) is 2.13. The molecule has 0 aliphatic carbocycles. The maximum atomic E-state index is 12.9. The Morgan fingerprint density at radius 3 is 2.62 bits per heavy atom. The molecule has 2 aromatic rings. The summed E-state index contributed by atoms with van der Waals surface area (Å²) in [6.45, 7) is 0.698. The van der Waals surface area contributed by atoms with E-state index in [0.717, 1.165) is 5.56 Å². The van der Waals surface area contributed by atoms with E-state index in [2.05, 4.69) is 4.98 Å². The number of halogens is 1. The summed E-state index contributed by atoms with van der Waals surface area (Å²) in [7, 11) is -0.732. The molecule has 1 aromatic carbocycles. The zero-order valence-electron chi connectivity index (χ0n) is 13.5. The Hall–Kier alpha value is -1.67. The SMILES string of the molecule is COCCN(Cc1cccnc1)S(=O)(=O)c1ccc(OC)c(Cl)c1. The summed E-state index contributed by atoms with van der Waals surface area (Å²) in [6.07, 6.45) is 3.27. The molecule has 0 bridgehead atoms. The van der Waals surface area contributed by atoms with Gasteiger partial charge in [-0.2, -0.15) is 4.31 Å². The highest BCUT2D eigenvalue weighted by Crippen LogP contribution is 2.28. The van der Waals surface area contributed by atoms with Crippen molar-refractivity contribution in [2.24, 2.45) is 0 Å². The Balaban J connectivity index is 2.34. The van der Waals surface area contributed by atoms with Crippen molar-refractivity contribution < 1.29 is 17.9 Å². The number of methoxy groups -OCH3 is 2. The van der Waals surface area contributed by atoms with Crippen molar-refractivity contribution in [3.8, 4) is 5.75 Å². The van der Waals surface area contributed by atoms with E-state index >= 15 is 0 Å². The third kappa shape index (κ3) is 4.45. The largest absolute Gasteiger partial charge is 0.495 e. The van der Waals surface area contributed by atoms with E-state index in [9.17, 15) is 8.42 Å². The first-order valence-corrected chi connectivity index (χ1v) is 9.02. The average Bonchev–Trinajstić information content (AvgIpc) is 2.59. The predicted molar refractivity (Wildman–Crippen MR) is 91.7 cm³/mol. The number of hydrogen-bond acceptors (Lipinski definition) is 5. The molecule has 0 spiro atoms. The van der Waals surface area contributed by atoms with E-state index < -0.39 is 10.0 Å². The zero-order chi connectivity index (χ0) is 17.6. The molecule has 0 radical (unpaired) electrons. The molecular formula is C16H19ClN2O4S. The summed E-state index contributed by atoms with van der Waals surface area (Å²) in [5.74, 6) is 0.423. The van der Waals surface area contributed by atoms with E-state index in [-0.39, 0.29) is 29.6 Å². The standard InChI is InChI=1S/C16H19ClN2O4S/c1-22-9-8-19(12-13-4-3-7-18-11-13)24(20,21)14-5-6-16(23-2)15(17)10-14/h3-7,10-11H,8-9,12H2,1-2H3. The number of aromatic nitrogens is 1. The minimum Gasteiger partial charge on any atom is -0.495 e. The van der Waals surface area contributed by atoms with Gasteiger partial charge in [-0.3, -0.25) is 4.98 Å². The van der Waals surface area contributed by atoms with Crippen molar-refractivity contribution in [2.45, 2.75) is 11.4 Å². The molecule has 0 fully saturated rings. The molecule has 6 nitrogen and oxygen atoms in total. The Morgan fingerprint density at radius 2 is 2.04 bits per heavy atom. The average molecular weight is 371 g/mol. The Labute approximate surface area is 147 Å². The lowest BCUT2D eigenvalue weighted by Crippen LogP contribution is -2.33. The highest BCUT2D eigenvalue weighted by molar-refractivity contribution is 7.89. The number of rotatable bonds is 8. The second-order valence-corrected chi connectivity index (χ2v) is 7.33. The van der Waals surface area contributed by atoms with E-state index in [1.165, 1.54) is 36.7 Å². The smallest absolute Gasteiger partial charge is 0.243 e. The fraction of sp³-hybridized carbons (Fsp3) is 0.312. The molecule has 130 valence electrons. The van der Waals surface area contributed by atoms with Gasteiger partial charge in [0.05, 0.1) is 23.6 Å². The number of pyridine rings is 1. The van der Waals surface area contributed by atoms with Crippen molar-refractivity contribution in [3.05, 3.63) is 53.3 Å². The normalized spacial score (nSPS) is 11.7. The molecule has 0 atom stereocenters. The predicted octanol–water partition coefficient (Wildman–Crippen LogP) is 2.58. The topological polar surface area (TPSA) is 68.7 Å². The molecule has 0 aliphatic rings. The van der Waals surface area contributed by atoms with E-state index in [0.29, 0.717) is 5.75 Å². The molecular weight excluding hydrogens is 352 g/mol. The van der Waals surface area contributed by atoms with Gasteiger partial charge in [0.15, 0.2) is 0 Å². The maximum Gasteiger partial charge on any atom is 0.243 e. The van der Waals surface area contributed by atoms with E-state index in [4.69, 9.17) is 21.1 Å². The van der Waals surface area contributed by atoms with Gasteiger partial charge in [0.2, 0.25) is 10.0 Å². The highest BCUT2D eigenvalue weighted by atomic mass is 35.5. The Kier molecular flexibility index (Phi) is 6.56. The van der Waals surface area contributed by atoms with Crippen LogP contribution in [0.3, 0.4) is 0 Å². The second kappa shape index (κ2) is 8.43. The van der Waals surface area contributed by atoms with Crippen LogP contribution in [0.5, 0.6) is 5.75 Å². The fourth-order valence-corrected chi connectivity index (χ4v) is 3.89. The quantitative estimate of drug-likeness (QED) is 0.714. The van der Waals surface area contributed by atoms with Crippen LogP contribution in [0.2, 0.25) is 5.02 Å². The summed E-state index contributed by atoms with van der Waals surface area (Å²) in [5, 5.41) is 0.242. The van der Waals surface area contributed by atoms with Gasteiger partial charge in [0, 0.05) is 32.6 Å². The minimum absolute atomic E-state index is 0.105. The van der Waals surface area contributed by atoms with Crippen molar-refractivity contribution in [1.29, 1.82) is 0 Å². The number of ether oxygens (including phenoxy) is 2. The third-order valence-corrected chi connectivity index (χ3v) is 5.52. The van der Waals surface area contributed by atoms with Gasteiger partial charge in [-0.05, 0) is 29.8 Å². The van der Waals surface area contributed by atoms with Crippen LogP contribution >= 0.6 is 11.6 Å². The molecule has 0 aliphatic heterocycles. The first kappa shape index (κ1) is 18.7. The summed E-state index contributed by atoms with van der Waals surface area (Å²) in [4.78, 5) is 4.12. The molecule has 0 amide bonds. The van der Waals surface area contributed by atoms with E-state index in [1.54, 1.807) is 18.5 Å². The molecule has 0 saturated heterocycles. The van der Waals surface area contributed by atoms with Gasteiger partial charge in [-0.15, -0.1) is 0 Å². The first-order valence-electron chi connectivity index (χ1n) is 7.20. The molecule has 1 heterocycles. The highest BCUT2D eigenvalue weighted by Gasteiger charge is 2.25. The molecule has 24 heavy (non-hydrogen) atoms. The Morgan fingerprint density at radius 1 is 1.25 bits per heavy atom. The molecule has 0 saturated carbocycles. The van der Waals surface area contributed by atoms with Gasteiger partial charge in [0.1, 0.15) is 5.75 Å². The van der Waals surface area contributed by atoms with Gasteiger partial charge in [-0.1, -0.05) is 17.7 Å². The van der Waals surface area contributed by atoms with Gasteiger partial charge >= 0.3 is 0 Å². The molecule has 0 N–H and O–H groups in total. The van der Waals surface area contributed by atoms with Crippen LogP contribution < -0.4 is 4.74 Å². The number of sulfonamides is 1. The summed E-state index contributed by atoms with van der Waals surface area (Å²) in [5.41, 5.74) is 0.789. The molecule has 8 heteroatoms. The lowest BCUT2D eigenvalue weighted by Gasteiger charge is -2.22. The third-order valence-electron chi connectivity index (χ3n) is 3.39. The number of hydrogen-bond donors (Lipinski definition) is 0. The van der Waals surface area contributed by atoms with Crippen LogP contribution in [-0.2, 0) is 21.3 Å². The van der Waals surface area contributed by atoms with E-state index in [1.807, 2.05) is 6.07 Å². The van der Waals surface area contributed by atoms with Crippen molar-refractivity contribution in [1.82, 2.24) is 9.29 Å².